The average molecular weight is 209 g/mol. The van der Waals surface area contributed by atoms with Gasteiger partial charge in [0.15, 0.2) is 0 Å². The van der Waals surface area contributed by atoms with Crippen LogP contribution in [0.5, 0.6) is 0 Å². The number of rotatable bonds is 3. The topological polar surface area (TPSA) is 79.0 Å². The Morgan fingerprint density at radius 3 is 2.67 bits per heavy atom. The number of nitro benzene ring substituents is 1. The lowest BCUT2D eigenvalue weighted by Crippen LogP contribution is -2.11. The van der Waals surface area contributed by atoms with Gasteiger partial charge in [0.2, 0.25) is 0 Å². The van der Waals surface area contributed by atoms with Crippen molar-refractivity contribution >= 4 is 17.6 Å². The summed E-state index contributed by atoms with van der Waals surface area (Å²) in [6.45, 7) is 0. The van der Waals surface area contributed by atoms with E-state index in [1.807, 2.05) is 0 Å². The molecule has 1 N–H and O–H groups in total. The summed E-state index contributed by atoms with van der Waals surface area (Å²) in [6, 6.07) is 4.60. The molecule has 0 fully saturated rings. The summed E-state index contributed by atoms with van der Waals surface area (Å²) >= 11 is 0. The molecule has 0 bridgehead atoms. The molecule has 0 saturated carbocycles. The zero-order valence-corrected chi connectivity index (χ0v) is 8.41. The van der Waals surface area contributed by atoms with Crippen LogP contribution in [0, 0.1) is 10.1 Å². The summed E-state index contributed by atoms with van der Waals surface area (Å²) in [4.78, 5) is 11.9. The summed E-state index contributed by atoms with van der Waals surface area (Å²) in [5.41, 5.74) is 0.974. The third-order valence-electron chi connectivity index (χ3n) is 1.88. The Morgan fingerprint density at radius 1 is 1.53 bits per heavy atom. The molecule has 0 amide bonds. The number of nitrogens with zero attached hydrogens (tertiary/aromatic N) is 3. The Labute approximate surface area is 86.6 Å². The minimum absolute atomic E-state index is 0.0163. The normalized spacial score (nSPS) is 10.5. The van der Waals surface area contributed by atoms with Gasteiger partial charge in [-0.15, -0.1) is 0 Å². The average Bonchev–Trinajstić information content (AvgIpc) is 2.17. The molecule has 0 spiro atoms. The van der Waals surface area contributed by atoms with E-state index in [1.54, 1.807) is 31.1 Å². The molecule has 0 radical (unpaired) electrons. The first-order valence-corrected chi connectivity index (χ1v) is 4.19. The maximum atomic E-state index is 10.8. The molecule has 6 heteroatoms. The van der Waals surface area contributed by atoms with Crippen molar-refractivity contribution in [2.24, 2.45) is 5.16 Å². The van der Waals surface area contributed by atoms with Gasteiger partial charge in [-0.05, 0) is 6.07 Å². The quantitative estimate of drug-likeness (QED) is 0.354. The van der Waals surface area contributed by atoms with Gasteiger partial charge in [-0.1, -0.05) is 11.2 Å². The monoisotopic (exact) mass is 209 g/mol. The highest BCUT2D eigenvalue weighted by molar-refractivity contribution is 5.82. The van der Waals surface area contributed by atoms with Crippen molar-refractivity contribution in [2.75, 3.05) is 19.0 Å². The second-order valence-corrected chi connectivity index (χ2v) is 3.14. The number of hydrogen-bond acceptors (Lipinski definition) is 5. The van der Waals surface area contributed by atoms with Gasteiger partial charge in [0.1, 0.15) is 5.69 Å². The van der Waals surface area contributed by atoms with Crippen molar-refractivity contribution in [3.63, 3.8) is 0 Å². The summed E-state index contributed by atoms with van der Waals surface area (Å²) in [5, 5.41) is 21.9. The van der Waals surface area contributed by atoms with Gasteiger partial charge in [0.25, 0.3) is 5.69 Å². The summed E-state index contributed by atoms with van der Waals surface area (Å²) in [6.07, 6.45) is 1.15. The number of benzene rings is 1. The van der Waals surface area contributed by atoms with Crippen LogP contribution >= 0.6 is 0 Å². The molecular weight excluding hydrogens is 198 g/mol. The molecule has 0 aliphatic carbocycles. The molecule has 1 aromatic carbocycles. The van der Waals surface area contributed by atoms with E-state index < -0.39 is 4.92 Å². The van der Waals surface area contributed by atoms with Crippen molar-refractivity contribution in [1.29, 1.82) is 0 Å². The molecule has 0 aromatic heterocycles. The smallest absolute Gasteiger partial charge is 0.293 e. The lowest BCUT2D eigenvalue weighted by atomic mass is 10.2. The number of hydrogen-bond donors (Lipinski definition) is 1. The molecular formula is C9H11N3O3. The van der Waals surface area contributed by atoms with Crippen LogP contribution in [0.3, 0.4) is 0 Å². The lowest BCUT2D eigenvalue weighted by Gasteiger charge is -2.12. The third-order valence-corrected chi connectivity index (χ3v) is 1.88. The van der Waals surface area contributed by atoms with E-state index in [1.165, 1.54) is 6.07 Å². The van der Waals surface area contributed by atoms with Gasteiger partial charge in [0.05, 0.1) is 11.1 Å². The van der Waals surface area contributed by atoms with Crippen LogP contribution in [-0.2, 0) is 0 Å². The first-order valence-electron chi connectivity index (χ1n) is 4.19. The minimum atomic E-state index is -0.468. The van der Waals surface area contributed by atoms with Gasteiger partial charge in [-0.3, -0.25) is 10.1 Å². The van der Waals surface area contributed by atoms with E-state index in [0.29, 0.717) is 11.3 Å². The van der Waals surface area contributed by atoms with E-state index in [9.17, 15) is 10.1 Å². The van der Waals surface area contributed by atoms with Crippen LogP contribution < -0.4 is 4.90 Å². The zero-order chi connectivity index (χ0) is 11.4. The maximum absolute atomic E-state index is 10.8. The maximum Gasteiger partial charge on any atom is 0.293 e. The molecule has 80 valence electrons. The predicted molar refractivity (Wildman–Crippen MR) is 56.8 cm³/mol. The highest BCUT2D eigenvalue weighted by Gasteiger charge is 2.15. The number of nitro groups is 1. The fourth-order valence-electron chi connectivity index (χ4n) is 1.21. The Balaban J connectivity index is 3.27. The zero-order valence-electron chi connectivity index (χ0n) is 8.41. The third kappa shape index (κ3) is 2.43. The molecule has 6 nitrogen and oxygen atoms in total. The van der Waals surface area contributed by atoms with E-state index in [0.717, 1.165) is 6.21 Å². The first-order chi connectivity index (χ1) is 7.06. The fraction of sp³-hybridized carbons (Fsp3) is 0.222. The molecule has 0 atom stereocenters. The Kier molecular flexibility index (Phi) is 3.22. The highest BCUT2D eigenvalue weighted by atomic mass is 16.6. The Morgan fingerprint density at radius 2 is 2.20 bits per heavy atom. The van der Waals surface area contributed by atoms with E-state index in [-0.39, 0.29) is 5.69 Å². The van der Waals surface area contributed by atoms with E-state index >= 15 is 0 Å². The molecule has 15 heavy (non-hydrogen) atoms. The van der Waals surface area contributed by atoms with Crippen LogP contribution in [0.4, 0.5) is 11.4 Å². The minimum Gasteiger partial charge on any atom is -0.411 e. The molecule has 0 unspecified atom stereocenters. The molecule has 0 saturated heterocycles. The lowest BCUT2D eigenvalue weighted by molar-refractivity contribution is -0.384. The largest absolute Gasteiger partial charge is 0.411 e. The molecule has 0 aliphatic heterocycles. The van der Waals surface area contributed by atoms with Gasteiger partial charge in [-0.2, -0.15) is 0 Å². The standard InChI is InChI=1S/C9H11N3O3/c1-11(2)8-4-3-7(6-10-13)5-9(8)12(14)15/h3-6,13H,1-2H3/b10-6-. The van der Waals surface area contributed by atoms with Crippen LogP contribution in [0.15, 0.2) is 23.4 Å². The van der Waals surface area contributed by atoms with Gasteiger partial charge >= 0.3 is 0 Å². The predicted octanol–water partition coefficient (Wildman–Crippen LogP) is 1.47. The van der Waals surface area contributed by atoms with Gasteiger partial charge in [-0.25, -0.2) is 0 Å². The van der Waals surface area contributed by atoms with Gasteiger partial charge in [0, 0.05) is 25.7 Å². The van der Waals surface area contributed by atoms with Crippen molar-refractivity contribution < 1.29 is 10.1 Å². The Bertz CT molecular complexity index is 402. The molecule has 1 rings (SSSR count). The van der Waals surface area contributed by atoms with Crippen molar-refractivity contribution in [1.82, 2.24) is 0 Å². The number of oxime groups is 1. The summed E-state index contributed by atoms with van der Waals surface area (Å²) in [7, 11) is 3.45. The van der Waals surface area contributed by atoms with E-state index in [2.05, 4.69) is 5.16 Å². The van der Waals surface area contributed by atoms with Crippen LogP contribution in [-0.4, -0.2) is 30.4 Å². The SMILES string of the molecule is CN(C)c1ccc(/C=N\O)cc1[N+](=O)[O-]. The highest BCUT2D eigenvalue weighted by Crippen LogP contribution is 2.26. The van der Waals surface area contributed by atoms with Crippen molar-refractivity contribution in [3.8, 4) is 0 Å². The molecule has 0 heterocycles. The first kappa shape index (κ1) is 11.0. The van der Waals surface area contributed by atoms with E-state index in [4.69, 9.17) is 5.21 Å². The fourth-order valence-corrected chi connectivity index (χ4v) is 1.21. The van der Waals surface area contributed by atoms with Crippen LogP contribution in [0.2, 0.25) is 0 Å². The number of anilines is 1. The second kappa shape index (κ2) is 4.41. The van der Waals surface area contributed by atoms with Crippen LogP contribution in [0.25, 0.3) is 0 Å². The summed E-state index contributed by atoms with van der Waals surface area (Å²) < 4.78 is 0. The van der Waals surface area contributed by atoms with Crippen molar-refractivity contribution in [2.45, 2.75) is 0 Å². The molecule has 0 aliphatic rings. The second-order valence-electron chi connectivity index (χ2n) is 3.14. The van der Waals surface area contributed by atoms with Crippen molar-refractivity contribution in [3.05, 3.63) is 33.9 Å². The Hall–Kier alpha value is -2.11. The van der Waals surface area contributed by atoms with Gasteiger partial charge < -0.3 is 10.1 Å². The summed E-state index contributed by atoms with van der Waals surface area (Å²) in [5.74, 6) is 0. The van der Waals surface area contributed by atoms with Crippen LogP contribution in [0.1, 0.15) is 5.56 Å². The molecule has 1 aromatic rings.